The molecule has 116 valence electrons. The molecule has 1 N–H and O–H groups in total. The van der Waals surface area contributed by atoms with Crippen LogP contribution >= 0.6 is 0 Å². The number of piperidine rings is 2. The van der Waals surface area contributed by atoms with E-state index in [2.05, 4.69) is 0 Å². The summed E-state index contributed by atoms with van der Waals surface area (Å²) >= 11 is 0. The molecular formula is C13H24N2O4S. The van der Waals surface area contributed by atoms with Crippen LogP contribution in [0.3, 0.4) is 0 Å². The van der Waals surface area contributed by atoms with Gasteiger partial charge in [0, 0.05) is 19.6 Å². The first-order chi connectivity index (χ1) is 9.32. The van der Waals surface area contributed by atoms with Gasteiger partial charge in [0.1, 0.15) is 6.04 Å². The van der Waals surface area contributed by atoms with Gasteiger partial charge in [-0.2, -0.15) is 17.0 Å². The molecule has 2 rings (SSSR count). The highest BCUT2D eigenvalue weighted by molar-refractivity contribution is 7.86. The van der Waals surface area contributed by atoms with Gasteiger partial charge in [-0.3, -0.25) is 4.79 Å². The van der Waals surface area contributed by atoms with Crippen LogP contribution in [0, 0.1) is 11.8 Å². The highest BCUT2D eigenvalue weighted by Crippen LogP contribution is 2.28. The minimum absolute atomic E-state index is 0.318. The number of carbonyl (C=O) groups is 1. The molecule has 0 spiro atoms. The molecule has 0 aliphatic carbocycles. The standard InChI is InChI=1S/C13H24N2O4S/c1-10-7-11(2)9-14(8-10)20(18,19)15-6-4-3-5-12(15)13(16)17/h10-12H,3-9H2,1-2H3,(H,16,17)/t10?,11?,12-/m0/s1. The van der Waals surface area contributed by atoms with Crippen LogP contribution in [-0.4, -0.2) is 53.8 Å². The van der Waals surface area contributed by atoms with E-state index in [1.165, 1.54) is 8.61 Å². The molecule has 6 nitrogen and oxygen atoms in total. The lowest BCUT2D eigenvalue weighted by Gasteiger charge is -2.40. The molecule has 3 atom stereocenters. The summed E-state index contributed by atoms with van der Waals surface area (Å²) in [5.41, 5.74) is 0. The van der Waals surface area contributed by atoms with Crippen molar-refractivity contribution in [2.75, 3.05) is 19.6 Å². The largest absolute Gasteiger partial charge is 0.480 e. The van der Waals surface area contributed by atoms with Crippen LogP contribution in [0.1, 0.15) is 39.5 Å². The summed E-state index contributed by atoms with van der Waals surface area (Å²) < 4.78 is 28.1. The zero-order valence-electron chi connectivity index (χ0n) is 12.2. The molecular weight excluding hydrogens is 280 g/mol. The molecule has 0 bridgehead atoms. The van der Waals surface area contributed by atoms with Crippen molar-refractivity contribution >= 4 is 16.2 Å². The molecule has 7 heteroatoms. The van der Waals surface area contributed by atoms with Gasteiger partial charge in [-0.1, -0.05) is 13.8 Å². The minimum Gasteiger partial charge on any atom is -0.480 e. The fraction of sp³-hybridized carbons (Fsp3) is 0.923. The maximum Gasteiger partial charge on any atom is 0.322 e. The van der Waals surface area contributed by atoms with Crippen molar-refractivity contribution in [3.8, 4) is 0 Å². The van der Waals surface area contributed by atoms with E-state index in [-0.39, 0.29) is 0 Å². The molecule has 0 amide bonds. The Labute approximate surface area is 120 Å². The summed E-state index contributed by atoms with van der Waals surface area (Å²) in [6.45, 7) is 5.40. The van der Waals surface area contributed by atoms with E-state index >= 15 is 0 Å². The quantitative estimate of drug-likeness (QED) is 0.848. The first kappa shape index (κ1) is 15.7. The summed E-state index contributed by atoms with van der Waals surface area (Å²) in [7, 11) is -3.66. The Morgan fingerprint density at radius 2 is 1.75 bits per heavy atom. The van der Waals surface area contributed by atoms with Crippen LogP contribution in [0.4, 0.5) is 0 Å². The number of hydrogen-bond donors (Lipinski definition) is 1. The fourth-order valence-corrected chi connectivity index (χ4v) is 5.43. The first-order valence-electron chi connectivity index (χ1n) is 7.32. The second-order valence-corrected chi connectivity index (χ2v) is 8.11. The lowest BCUT2D eigenvalue weighted by Crippen LogP contribution is -2.55. The van der Waals surface area contributed by atoms with Crippen molar-refractivity contribution in [3.63, 3.8) is 0 Å². The molecule has 0 aromatic rings. The summed E-state index contributed by atoms with van der Waals surface area (Å²) in [6.07, 6.45) is 2.94. The van der Waals surface area contributed by atoms with Gasteiger partial charge in [0.25, 0.3) is 10.2 Å². The zero-order valence-corrected chi connectivity index (χ0v) is 13.0. The predicted molar refractivity (Wildman–Crippen MR) is 75.4 cm³/mol. The highest BCUT2D eigenvalue weighted by Gasteiger charge is 2.41. The first-order valence-corrected chi connectivity index (χ1v) is 8.71. The Morgan fingerprint density at radius 1 is 1.15 bits per heavy atom. The summed E-state index contributed by atoms with van der Waals surface area (Å²) in [5, 5.41) is 9.25. The van der Waals surface area contributed by atoms with E-state index in [0.717, 1.165) is 19.3 Å². The molecule has 0 aromatic heterocycles. The monoisotopic (exact) mass is 304 g/mol. The minimum atomic E-state index is -3.66. The van der Waals surface area contributed by atoms with Crippen LogP contribution in [0.2, 0.25) is 0 Å². The summed E-state index contributed by atoms with van der Waals surface area (Å²) in [6, 6.07) is -0.902. The normalized spacial score (nSPS) is 34.0. The van der Waals surface area contributed by atoms with Crippen LogP contribution in [-0.2, 0) is 15.0 Å². The van der Waals surface area contributed by atoms with Crippen molar-refractivity contribution in [2.24, 2.45) is 11.8 Å². The Hall–Kier alpha value is -0.660. The molecule has 2 unspecified atom stereocenters. The van der Waals surface area contributed by atoms with Gasteiger partial charge in [0.2, 0.25) is 0 Å². The molecule has 0 saturated carbocycles. The summed E-state index contributed by atoms with van der Waals surface area (Å²) in [4.78, 5) is 11.3. The van der Waals surface area contributed by atoms with E-state index in [9.17, 15) is 18.3 Å². The van der Waals surface area contributed by atoms with E-state index < -0.39 is 22.2 Å². The third-order valence-electron chi connectivity index (χ3n) is 4.20. The topological polar surface area (TPSA) is 77.9 Å². The smallest absolute Gasteiger partial charge is 0.322 e. The second kappa shape index (κ2) is 5.99. The third kappa shape index (κ3) is 3.15. The SMILES string of the molecule is CC1CC(C)CN(S(=O)(=O)N2CCCC[C@H]2C(=O)O)C1. The molecule has 0 radical (unpaired) electrons. The Morgan fingerprint density at radius 3 is 2.30 bits per heavy atom. The predicted octanol–water partition coefficient (Wildman–Crippen LogP) is 1.15. The van der Waals surface area contributed by atoms with Gasteiger partial charge in [0.15, 0.2) is 0 Å². The number of carboxylic acid groups (broad SMARTS) is 1. The average Bonchev–Trinajstić information content (AvgIpc) is 2.37. The molecule has 2 heterocycles. The van der Waals surface area contributed by atoms with Crippen molar-refractivity contribution in [3.05, 3.63) is 0 Å². The maximum atomic E-state index is 12.7. The summed E-state index contributed by atoms with van der Waals surface area (Å²) in [5.74, 6) is -0.394. The van der Waals surface area contributed by atoms with E-state index in [4.69, 9.17) is 0 Å². The van der Waals surface area contributed by atoms with E-state index in [1.54, 1.807) is 0 Å². The Balaban J connectivity index is 2.21. The van der Waals surface area contributed by atoms with Gasteiger partial charge in [-0.15, -0.1) is 0 Å². The van der Waals surface area contributed by atoms with Crippen molar-refractivity contribution < 1.29 is 18.3 Å². The second-order valence-electron chi connectivity index (χ2n) is 6.23. The van der Waals surface area contributed by atoms with E-state index in [0.29, 0.717) is 37.9 Å². The van der Waals surface area contributed by atoms with Crippen LogP contribution in [0.25, 0.3) is 0 Å². The molecule has 20 heavy (non-hydrogen) atoms. The molecule has 2 saturated heterocycles. The highest BCUT2D eigenvalue weighted by atomic mass is 32.2. The van der Waals surface area contributed by atoms with Crippen LogP contribution in [0.15, 0.2) is 0 Å². The van der Waals surface area contributed by atoms with Crippen molar-refractivity contribution in [1.29, 1.82) is 0 Å². The molecule has 2 aliphatic heterocycles. The van der Waals surface area contributed by atoms with Crippen molar-refractivity contribution in [2.45, 2.75) is 45.6 Å². The fourth-order valence-electron chi connectivity index (χ4n) is 3.37. The van der Waals surface area contributed by atoms with Gasteiger partial charge < -0.3 is 5.11 Å². The number of rotatable bonds is 3. The Kier molecular flexibility index (Phi) is 4.71. The zero-order chi connectivity index (χ0) is 14.9. The lowest BCUT2D eigenvalue weighted by atomic mass is 9.94. The lowest BCUT2D eigenvalue weighted by molar-refractivity contribution is -0.142. The average molecular weight is 304 g/mol. The molecule has 2 fully saturated rings. The van der Waals surface area contributed by atoms with Gasteiger partial charge in [0.05, 0.1) is 0 Å². The Bertz CT molecular complexity index is 455. The number of nitrogens with zero attached hydrogens (tertiary/aromatic N) is 2. The van der Waals surface area contributed by atoms with Gasteiger partial charge in [-0.05, 0) is 37.5 Å². The number of carboxylic acids is 1. The number of aliphatic carboxylic acids is 1. The van der Waals surface area contributed by atoms with Crippen LogP contribution < -0.4 is 0 Å². The van der Waals surface area contributed by atoms with E-state index in [1.807, 2.05) is 13.8 Å². The maximum absolute atomic E-state index is 12.7. The van der Waals surface area contributed by atoms with Crippen LogP contribution in [0.5, 0.6) is 0 Å². The molecule has 2 aliphatic rings. The molecule has 0 aromatic carbocycles. The van der Waals surface area contributed by atoms with Crippen molar-refractivity contribution in [1.82, 2.24) is 8.61 Å². The van der Waals surface area contributed by atoms with Gasteiger partial charge in [-0.25, -0.2) is 0 Å². The third-order valence-corrected chi connectivity index (χ3v) is 6.18. The van der Waals surface area contributed by atoms with Gasteiger partial charge >= 0.3 is 5.97 Å². The number of hydrogen-bond acceptors (Lipinski definition) is 3.